The van der Waals surface area contributed by atoms with Crippen molar-refractivity contribution in [1.82, 2.24) is 20.2 Å². The lowest BCUT2D eigenvalue weighted by Gasteiger charge is -2.29. The average molecular weight is 337 g/mol. The molecule has 0 amide bonds. The monoisotopic (exact) mass is 336 g/mol. The highest BCUT2D eigenvalue weighted by molar-refractivity contribution is 5.85. The normalized spacial score (nSPS) is 15.7. The van der Waals surface area contributed by atoms with Crippen LogP contribution in [-0.4, -0.2) is 41.0 Å². The van der Waals surface area contributed by atoms with E-state index >= 15 is 0 Å². The second-order valence-electron chi connectivity index (χ2n) is 6.05. The molecule has 1 aliphatic heterocycles. The SMILES string of the molecule is CCN(Cc1nc2ccccc2c(=O)[nH]1)CC1CCNCC1.Cl. The molecule has 1 saturated heterocycles. The van der Waals surface area contributed by atoms with Gasteiger partial charge in [-0.05, 0) is 50.5 Å². The molecule has 0 radical (unpaired) electrons. The van der Waals surface area contributed by atoms with E-state index in [2.05, 4.69) is 27.1 Å². The number of hydrogen-bond acceptors (Lipinski definition) is 4. The minimum absolute atomic E-state index is 0. The quantitative estimate of drug-likeness (QED) is 0.878. The highest BCUT2D eigenvalue weighted by Crippen LogP contribution is 2.14. The van der Waals surface area contributed by atoms with Gasteiger partial charge in [-0.25, -0.2) is 4.98 Å². The summed E-state index contributed by atoms with van der Waals surface area (Å²) in [7, 11) is 0. The summed E-state index contributed by atoms with van der Waals surface area (Å²) in [5, 5.41) is 4.06. The van der Waals surface area contributed by atoms with Crippen molar-refractivity contribution >= 4 is 23.3 Å². The van der Waals surface area contributed by atoms with Crippen molar-refractivity contribution < 1.29 is 0 Å². The number of aromatic amines is 1. The number of benzene rings is 1. The third kappa shape index (κ3) is 4.53. The van der Waals surface area contributed by atoms with E-state index in [0.29, 0.717) is 11.9 Å². The molecule has 6 heteroatoms. The molecule has 1 aliphatic rings. The number of rotatable bonds is 5. The van der Waals surface area contributed by atoms with Crippen LogP contribution in [0.3, 0.4) is 0 Å². The summed E-state index contributed by atoms with van der Waals surface area (Å²) in [5.74, 6) is 1.51. The van der Waals surface area contributed by atoms with E-state index in [1.165, 1.54) is 12.8 Å². The molecule has 0 spiro atoms. The molecular weight excluding hydrogens is 312 g/mol. The molecule has 0 saturated carbocycles. The van der Waals surface area contributed by atoms with E-state index in [0.717, 1.165) is 43.4 Å². The maximum absolute atomic E-state index is 12.1. The Morgan fingerprint density at radius 2 is 2.00 bits per heavy atom. The number of H-pyrrole nitrogens is 1. The first-order valence-electron chi connectivity index (χ1n) is 8.17. The number of para-hydroxylation sites is 1. The predicted octanol–water partition coefficient (Wildman–Crippen LogP) is 2.17. The molecule has 3 rings (SSSR count). The Kier molecular flexibility index (Phi) is 6.57. The van der Waals surface area contributed by atoms with Gasteiger partial charge < -0.3 is 10.3 Å². The number of hydrogen-bond donors (Lipinski definition) is 2. The van der Waals surface area contributed by atoms with Crippen molar-refractivity contribution in [1.29, 1.82) is 0 Å². The van der Waals surface area contributed by atoms with Crippen LogP contribution in [0.25, 0.3) is 10.9 Å². The lowest BCUT2D eigenvalue weighted by Crippen LogP contribution is -2.36. The smallest absolute Gasteiger partial charge is 0.258 e. The maximum Gasteiger partial charge on any atom is 0.258 e. The molecule has 5 nitrogen and oxygen atoms in total. The molecular formula is C17H25ClN4O. The van der Waals surface area contributed by atoms with Crippen molar-refractivity contribution in [2.45, 2.75) is 26.3 Å². The van der Waals surface area contributed by atoms with Crippen molar-refractivity contribution in [3.05, 3.63) is 40.4 Å². The molecule has 1 aromatic carbocycles. The highest BCUT2D eigenvalue weighted by atomic mass is 35.5. The molecule has 2 heterocycles. The van der Waals surface area contributed by atoms with Gasteiger partial charge >= 0.3 is 0 Å². The summed E-state index contributed by atoms with van der Waals surface area (Å²) in [4.78, 5) is 22.1. The minimum atomic E-state index is -0.0430. The molecule has 126 valence electrons. The van der Waals surface area contributed by atoms with Crippen LogP contribution >= 0.6 is 12.4 Å². The van der Waals surface area contributed by atoms with Crippen molar-refractivity contribution in [2.75, 3.05) is 26.2 Å². The first-order valence-corrected chi connectivity index (χ1v) is 8.17. The Bertz CT molecular complexity index is 682. The van der Waals surface area contributed by atoms with Gasteiger partial charge in [-0.15, -0.1) is 12.4 Å². The number of nitrogens with zero attached hydrogens (tertiary/aromatic N) is 2. The number of fused-ring (bicyclic) bond motifs is 1. The second-order valence-corrected chi connectivity index (χ2v) is 6.05. The van der Waals surface area contributed by atoms with Crippen molar-refractivity contribution in [3.8, 4) is 0 Å². The molecule has 0 bridgehead atoms. The second kappa shape index (κ2) is 8.43. The number of piperidine rings is 1. The predicted molar refractivity (Wildman–Crippen MR) is 96.2 cm³/mol. The highest BCUT2D eigenvalue weighted by Gasteiger charge is 2.17. The Labute approximate surface area is 142 Å². The minimum Gasteiger partial charge on any atom is -0.317 e. The average Bonchev–Trinajstić information content (AvgIpc) is 2.55. The summed E-state index contributed by atoms with van der Waals surface area (Å²) in [6, 6.07) is 7.51. The van der Waals surface area contributed by atoms with Crippen LogP contribution in [-0.2, 0) is 6.54 Å². The van der Waals surface area contributed by atoms with Gasteiger partial charge in [0.2, 0.25) is 0 Å². The molecule has 0 aliphatic carbocycles. The van der Waals surface area contributed by atoms with Crippen LogP contribution in [0, 0.1) is 5.92 Å². The van der Waals surface area contributed by atoms with E-state index < -0.39 is 0 Å². The molecule has 1 fully saturated rings. The van der Waals surface area contributed by atoms with Gasteiger partial charge in [0.15, 0.2) is 0 Å². The van der Waals surface area contributed by atoms with Crippen LogP contribution in [0.1, 0.15) is 25.6 Å². The lowest BCUT2D eigenvalue weighted by atomic mass is 9.97. The third-order valence-electron chi connectivity index (χ3n) is 4.46. The van der Waals surface area contributed by atoms with E-state index in [1.54, 1.807) is 0 Å². The van der Waals surface area contributed by atoms with Crippen LogP contribution in [0.5, 0.6) is 0 Å². The summed E-state index contributed by atoms with van der Waals surface area (Å²) in [6.45, 7) is 7.16. The Morgan fingerprint density at radius 3 is 2.74 bits per heavy atom. The van der Waals surface area contributed by atoms with Gasteiger partial charge in [0.1, 0.15) is 5.82 Å². The summed E-state index contributed by atoms with van der Waals surface area (Å²) < 4.78 is 0. The van der Waals surface area contributed by atoms with E-state index in [4.69, 9.17) is 0 Å². The number of halogens is 1. The Morgan fingerprint density at radius 1 is 1.26 bits per heavy atom. The summed E-state index contributed by atoms with van der Waals surface area (Å²) in [5.41, 5.74) is 0.734. The molecule has 23 heavy (non-hydrogen) atoms. The largest absolute Gasteiger partial charge is 0.317 e. The molecule has 2 N–H and O–H groups in total. The first kappa shape index (κ1) is 17.9. The van der Waals surface area contributed by atoms with Crippen LogP contribution < -0.4 is 10.9 Å². The first-order chi connectivity index (χ1) is 10.8. The molecule has 2 aromatic rings. The zero-order chi connectivity index (χ0) is 15.4. The van der Waals surface area contributed by atoms with Gasteiger partial charge in [0, 0.05) is 6.54 Å². The van der Waals surface area contributed by atoms with Gasteiger partial charge in [0.05, 0.1) is 17.4 Å². The lowest BCUT2D eigenvalue weighted by molar-refractivity contribution is 0.203. The maximum atomic E-state index is 12.1. The fourth-order valence-corrected chi connectivity index (χ4v) is 3.16. The number of nitrogens with one attached hydrogen (secondary N) is 2. The van der Waals surface area contributed by atoms with Crippen molar-refractivity contribution in [3.63, 3.8) is 0 Å². The Balaban J connectivity index is 0.00000192. The van der Waals surface area contributed by atoms with Gasteiger partial charge in [-0.1, -0.05) is 19.1 Å². The summed E-state index contributed by atoms with van der Waals surface area (Å²) in [6.07, 6.45) is 2.47. The zero-order valence-electron chi connectivity index (χ0n) is 13.5. The fourth-order valence-electron chi connectivity index (χ4n) is 3.16. The third-order valence-corrected chi connectivity index (χ3v) is 4.46. The Hall–Kier alpha value is -1.43. The molecule has 0 unspecified atom stereocenters. The van der Waals surface area contributed by atoms with Crippen molar-refractivity contribution in [2.24, 2.45) is 5.92 Å². The van der Waals surface area contributed by atoms with Crippen LogP contribution in [0.15, 0.2) is 29.1 Å². The van der Waals surface area contributed by atoms with Gasteiger partial charge in [-0.2, -0.15) is 0 Å². The van der Waals surface area contributed by atoms with Crippen LogP contribution in [0.4, 0.5) is 0 Å². The molecule has 1 aromatic heterocycles. The fraction of sp³-hybridized carbons (Fsp3) is 0.529. The van der Waals surface area contributed by atoms with E-state index in [1.807, 2.05) is 24.3 Å². The van der Waals surface area contributed by atoms with E-state index in [-0.39, 0.29) is 18.0 Å². The van der Waals surface area contributed by atoms with Crippen LogP contribution in [0.2, 0.25) is 0 Å². The van der Waals surface area contributed by atoms with Gasteiger partial charge in [-0.3, -0.25) is 9.69 Å². The standard InChI is InChI=1S/C17H24N4O.ClH/c1-2-21(11-13-7-9-18-10-8-13)12-16-19-15-6-4-3-5-14(15)17(22)20-16;/h3-6,13,18H,2,7-12H2,1H3,(H,19,20,22);1H. The topological polar surface area (TPSA) is 61.0 Å². The molecule has 0 atom stereocenters. The number of aromatic nitrogens is 2. The summed E-state index contributed by atoms with van der Waals surface area (Å²) >= 11 is 0. The zero-order valence-corrected chi connectivity index (χ0v) is 14.4. The van der Waals surface area contributed by atoms with Gasteiger partial charge in [0.25, 0.3) is 5.56 Å². The van der Waals surface area contributed by atoms with E-state index in [9.17, 15) is 4.79 Å².